The van der Waals surface area contributed by atoms with Crippen LogP contribution in [-0.4, -0.2) is 60.1 Å². The smallest absolute Gasteiger partial charge is 0.336 e. The predicted octanol–water partition coefficient (Wildman–Crippen LogP) is 1.67. The largest absolute Gasteiger partial charge is 0.480 e. The second kappa shape index (κ2) is 6.79. The minimum Gasteiger partial charge on any atom is -0.480 e. The van der Waals surface area contributed by atoms with Crippen LogP contribution in [0.1, 0.15) is 25.0 Å². The minimum atomic E-state index is -0.704. The van der Waals surface area contributed by atoms with Crippen LogP contribution < -0.4 is 15.7 Å². The molecule has 0 aliphatic carbocycles. The highest BCUT2D eigenvalue weighted by atomic mass is 16.5. The number of ether oxygens (including phenoxy) is 1. The summed E-state index contributed by atoms with van der Waals surface area (Å²) < 4.78 is 11.4. The van der Waals surface area contributed by atoms with Crippen molar-refractivity contribution >= 4 is 22.9 Å². The van der Waals surface area contributed by atoms with E-state index in [0.717, 1.165) is 16.5 Å². The summed E-state index contributed by atoms with van der Waals surface area (Å²) in [7, 11) is 1.75. The normalized spacial score (nSPS) is 18.7. The average molecular weight is 399 g/mol. The van der Waals surface area contributed by atoms with Gasteiger partial charge in [-0.25, -0.2) is 9.59 Å². The van der Waals surface area contributed by atoms with E-state index >= 15 is 0 Å². The lowest BCUT2D eigenvalue weighted by Gasteiger charge is -2.50. The van der Waals surface area contributed by atoms with Crippen LogP contribution in [0.5, 0.6) is 5.75 Å². The summed E-state index contributed by atoms with van der Waals surface area (Å²) in [6, 6.07) is 5.02. The molecule has 0 saturated carbocycles. The van der Waals surface area contributed by atoms with Crippen molar-refractivity contribution in [3.8, 4) is 5.75 Å². The Morgan fingerprint density at radius 3 is 2.66 bits per heavy atom. The summed E-state index contributed by atoms with van der Waals surface area (Å²) in [6.07, 6.45) is -0.0596. The highest BCUT2D eigenvalue weighted by Crippen LogP contribution is 2.33. The Balaban J connectivity index is 1.55. The Hall–Kier alpha value is -3.03. The molecule has 3 amide bonds. The number of benzene rings is 1. The summed E-state index contributed by atoms with van der Waals surface area (Å²) in [6.45, 7) is 7.07. The molecule has 0 radical (unpaired) electrons. The average Bonchev–Trinajstić information content (AvgIpc) is 2.93. The summed E-state index contributed by atoms with van der Waals surface area (Å²) in [5.41, 5.74) is 1.45. The molecule has 1 atom stereocenters. The van der Waals surface area contributed by atoms with Crippen molar-refractivity contribution in [3.63, 3.8) is 0 Å². The fourth-order valence-corrected chi connectivity index (χ4v) is 4.18. The molecule has 0 bridgehead atoms. The van der Waals surface area contributed by atoms with E-state index in [9.17, 15) is 14.4 Å². The fraction of sp³-hybridized carbons (Fsp3) is 0.476. The number of amides is 3. The third-order valence-corrected chi connectivity index (χ3v) is 5.93. The number of nitrogens with zero attached hydrogens (tertiary/aromatic N) is 2. The first-order valence-electron chi connectivity index (χ1n) is 9.78. The van der Waals surface area contributed by atoms with Gasteiger partial charge in [-0.3, -0.25) is 4.79 Å². The lowest BCUT2D eigenvalue weighted by atomic mass is 9.89. The molecule has 3 heterocycles. The number of hydrogen-bond acceptors (Lipinski definition) is 5. The molecule has 2 aliphatic rings. The van der Waals surface area contributed by atoms with Crippen LogP contribution in [-0.2, 0) is 11.2 Å². The van der Waals surface area contributed by atoms with Crippen LogP contribution in [0.2, 0.25) is 0 Å². The summed E-state index contributed by atoms with van der Waals surface area (Å²) in [4.78, 5) is 39.8. The molecule has 2 aliphatic heterocycles. The van der Waals surface area contributed by atoms with Crippen molar-refractivity contribution < 1.29 is 18.7 Å². The summed E-state index contributed by atoms with van der Waals surface area (Å²) in [5, 5.41) is 3.54. The topological polar surface area (TPSA) is 92.1 Å². The van der Waals surface area contributed by atoms with E-state index in [2.05, 4.69) is 5.32 Å². The first-order valence-corrected chi connectivity index (χ1v) is 9.78. The zero-order chi connectivity index (χ0) is 20.9. The zero-order valence-corrected chi connectivity index (χ0v) is 17.1. The van der Waals surface area contributed by atoms with Gasteiger partial charge in [0.2, 0.25) is 0 Å². The third kappa shape index (κ3) is 3.12. The van der Waals surface area contributed by atoms with Crippen molar-refractivity contribution in [1.29, 1.82) is 0 Å². The van der Waals surface area contributed by atoms with Crippen molar-refractivity contribution in [2.75, 3.05) is 26.7 Å². The number of carbonyl (C=O) groups excluding carboxylic acids is 2. The van der Waals surface area contributed by atoms with Gasteiger partial charge in [-0.1, -0.05) is 6.92 Å². The number of rotatable bonds is 4. The van der Waals surface area contributed by atoms with E-state index in [-0.39, 0.29) is 17.5 Å². The van der Waals surface area contributed by atoms with Crippen molar-refractivity contribution in [1.82, 2.24) is 15.1 Å². The number of likely N-dealkylation sites (N-methyl/N-ethyl adjacent to an activating group) is 1. The van der Waals surface area contributed by atoms with Crippen molar-refractivity contribution in [2.24, 2.45) is 0 Å². The van der Waals surface area contributed by atoms with Gasteiger partial charge in [0, 0.05) is 32.7 Å². The molecule has 2 aromatic rings. The van der Waals surface area contributed by atoms with Crippen LogP contribution in [0.3, 0.4) is 0 Å². The Morgan fingerprint density at radius 2 is 2.03 bits per heavy atom. The number of likely N-dealkylation sites (tertiary alicyclic amines) is 1. The first-order chi connectivity index (χ1) is 13.7. The lowest BCUT2D eigenvalue weighted by Crippen LogP contribution is -2.71. The van der Waals surface area contributed by atoms with Crippen LogP contribution in [0.25, 0.3) is 11.0 Å². The summed E-state index contributed by atoms with van der Waals surface area (Å²) >= 11 is 0. The molecule has 29 heavy (non-hydrogen) atoms. The minimum absolute atomic E-state index is 0.110. The number of aryl methyl sites for hydroxylation is 2. The van der Waals surface area contributed by atoms with E-state index in [1.165, 1.54) is 6.07 Å². The van der Waals surface area contributed by atoms with Gasteiger partial charge in [0.25, 0.3) is 5.91 Å². The first kappa shape index (κ1) is 19.3. The molecular formula is C21H25N3O5. The zero-order valence-electron chi connectivity index (χ0n) is 17.1. The van der Waals surface area contributed by atoms with Crippen LogP contribution in [0.15, 0.2) is 27.4 Å². The lowest BCUT2D eigenvalue weighted by molar-refractivity contribution is -0.148. The highest BCUT2D eigenvalue weighted by molar-refractivity contribution is 5.89. The maximum absolute atomic E-state index is 12.9. The SMILES string of the molecule is CCc1cc(=O)oc2cc(C)cc(OC(C)C(=O)N3CC4(CNC(=O)N4C)C3)c12. The molecule has 2 saturated heterocycles. The second-order valence-corrected chi connectivity index (χ2v) is 7.98. The van der Waals surface area contributed by atoms with E-state index in [1.807, 2.05) is 19.9 Å². The fourth-order valence-electron chi connectivity index (χ4n) is 4.18. The van der Waals surface area contributed by atoms with Gasteiger partial charge < -0.3 is 24.3 Å². The number of nitrogens with one attached hydrogen (secondary N) is 1. The Bertz CT molecular complexity index is 1050. The Kier molecular flexibility index (Phi) is 4.52. The quantitative estimate of drug-likeness (QED) is 0.790. The van der Waals surface area contributed by atoms with Gasteiger partial charge >= 0.3 is 11.7 Å². The molecule has 1 unspecified atom stereocenters. The van der Waals surface area contributed by atoms with E-state index in [0.29, 0.717) is 37.4 Å². The Morgan fingerprint density at radius 1 is 1.31 bits per heavy atom. The molecular weight excluding hydrogens is 374 g/mol. The van der Waals surface area contributed by atoms with Gasteiger partial charge in [-0.2, -0.15) is 0 Å². The van der Waals surface area contributed by atoms with Crippen LogP contribution >= 0.6 is 0 Å². The maximum Gasteiger partial charge on any atom is 0.336 e. The molecule has 8 nitrogen and oxygen atoms in total. The van der Waals surface area contributed by atoms with Gasteiger partial charge in [0.05, 0.1) is 10.9 Å². The van der Waals surface area contributed by atoms with Crippen molar-refractivity contribution in [3.05, 3.63) is 39.7 Å². The molecule has 154 valence electrons. The number of hydrogen-bond donors (Lipinski definition) is 1. The highest BCUT2D eigenvalue weighted by Gasteiger charge is 2.54. The second-order valence-electron chi connectivity index (χ2n) is 7.98. The molecule has 2 fully saturated rings. The third-order valence-electron chi connectivity index (χ3n) is 5.93. The number of urea groups is 1. The van der Waals surface area contributed by atoms with Crippen LogP contribution in [0, 0.1) is 6.92 Å². The van der Waals surface area contributed by atoms with Crippen molar-refractivity contribution in [2.45, 2.75) is 38.8 Å². The van der Waals surface area contributed by atoms with E-state index in [4.69, 9.17) is 9.15 Å². The number of fused-ring (bicyclic) bond motifs is 1. The molecule has 1 N–H and O–H groups in total. The standard InChI is InChI=1S/C21H25N3O5/c1-5-14-8-17(25)29-16-7-12(2)6-15(18(14)16)28-13(3)19(26)24-10-21(11-24)9-22-20(27)23(21)4/h6-8,13H,5,9-11H2,1-4H3,(H,22,27). The molecule has 4 rings (SSSR count). The van der Waals surface area contributed by atoms with Gasteiger partial charge in [0.1, 0.15) is 11.3 Å². The predicted molar refractivity (Wildman–Crippen MR) is 107 cm³/mol. The molecule has 1 aromatic heterocycles. The molecule has 1 aromatic carbocycles. The number of carbonyl (C=O) groups is 2. The Labute approximate surface area is 168 Å². The van der Waals surface area contributed by atoms with E-state index < -0.39 is 11.7 Å². The van der Waals surface area contributed by atoms with Gasteiger partial charge in [-0.05, 0) is 43.5 Å². The maximum atomic E-state index is 12.9. The van der Waals surface area contributed by atoms with Gasteiger partial charge in [-0.15, -0.1) is 0 Å². The monoisotopic (exact) mass is 399 g/mol. The molecule has 1 spiro atoms. The summed E-state index contributed by atoms with van der Waals surface area (Å²) in [5.74, 6) is 0.403. The van der Waals surface area contributed by atoms with Crippen LogP contribution in [0.4, 0.5) is 4.79 Å². The van der Waals surface area contributed by atoms with Gasteiger partial charge in [0.15, 0.2) is 6.10 Å². The molecule has 8 heteroatoms. The van der Waals surface area contributed by atoms with E-state index in [1.54, 1.807) is 29.8 Å².